The number of pyridine rings is 2. The molecule has 0 bridgehead atoms. The molecule has 6 nitrogen and oxygen atoms in total. The summed E-state index contributed by atoms with van der Waals surface area (Å²) in [6.07, 6.45) is 3.30. The molecule has 118 valence electrons. The van der Waals surface area contributed by atoms with Crippen molar-refractivity contribution < 1.29 is 9.90 Å². The second kappa shape index (κ2) is 6.76. The van der Waals surface area contributed by atoms with Crippen molar-refractivity contribution in [3.05, 3.63) is 38.3 Å². The zero-order valence-corrected chi connectivity index (χ0v) is 14.0. The summed E-state index contributed by atoms with van der Waals surface area (Å²) in [5.74, 6) is -1.02. The lowest BCUT2D eigenvalue weighted by atomic mass is 9.94. The summed E-state index contributed by atoms with van der Waals surface area (Å²) in [5.41, 5.74) is 0.695. The van der Waals surface area contributed by atoms with Crippen LogP contribution in [0.25, 0.3) is 10.9 Å². The zero-order valence-electron chi connectivity index (χ0n) is 11.6. The van der Waals surface area contributed by atoms with E-state index in [9.17, 15) is 9.59 Å². The molecule has 0 spiro atoms. The van der Waals surface area contributed by atoms with Crippen LogP contribution in [0.3, 0.4) is 0 Å². The second-order valence-corrected chi connectivity index (χ2v) is 5.95. The number of carboxylic acid groups (broad SMARTS) is 1. The third kappa shape index (κ3) is 3.02. The van der Waals surface area contributed by atoms with Crippen LogP contribution in [-0.4, -0.2) is 34.1 Å². The van der Waals surface area contributed by atoms with E-state index >= 15 is 0 Å². The first kappa shape index (κ1) is 16.9. The first-order valence-corrected chi connectivity index (χ1v) is 7.53. The summed E-state index contributed by atoms with van der Waals surface area (Å²) in [5, 5.41) is 12.7. The highest BCUT2D eigenvalue weighted by atomic mass is 79.9. The van der Waals surface area contributed by atoms with Gasteiger partial charge in [-0.1, -0.05) is 0 Å². The molecule has 8 heteroatoms. The highest BCUT2D eigenvalue weighted by Gasteiger charge is 2.22. The predicted octanol–water partition coefficient (Wildman–Crippen LogP) is 2.27. The molecule has 0 amide bonds. The van der Waals surface area contributed by atoms with Gasteiger partial charge in [0.1, 0.15) is 10.2 Å². The van der Waals surface area contributed by atoms with Crippen LogP contribution in [0.4, 0.5) is 0 Å². The van der Waals surface area contributed by atoms with E-state index in [4.69, 9.17) is 5.11 Å². The molecule has 2 aromatic heterocycles. The Morgan fingerprint density at radius 1 is 1.45 bits per heavy atom. The van der Waals surface area contributed by atoms with Gasteiger partial charge in [0.25, 0.3) is 0 Å². The number of hydrogen-bond donors (Lipinski definition) is 3. The van der Waals surface area contributed by atoms with Crippen molar-refractivity contribution in [2.75, 3.05) is 13.1 Å². The molecular formula is C14H15BrClN3O3. The molecule has 0 radical (unpaired) electrons. The van der Waals surface area contributed by atoms with Gasteiger partial charge in [-0.05, 0) is 41.4 Å². The maximum absolute atomic E-state index is 12.3. The Morgan fingerprint density at radius 3 is 2.86 bits per heavy atom. The molecule has 1 aliphatic heterocycles. The van der Waals surface area contributed by atoms with Gasteiger partial charge in [0, 0.05) is 18.7 Å². The SMILES string of the molecule is Cl.O=C(O)c1c[nH]c2c(C3CCCNC3)nc(Br)cc2c1=O. The van der Waals surface area contributed by atoms with E-state index in [1.54, 1.807) is 6.07 Å². The summed E-state index contributed by atoms with van der Waals surface area (Å²) >= 11 is 3.31. The van der Waals surface area contributed by atoms with Gasteiger partial charge in [0.15, 0.2) is 0 Å². The standard InChI is InChI=1S/C14H14BrN3O3.ClH/c15-10-4-8-12(17-6-9(13(8)19)14(20)21)11(18-10)7-2-1-3-16-5-7;/h4,6-7,16H,1-3,5H2,(H,17,19)(H,20,21);1H. The number of nitrogens with zero attached hydrogens (tertiary/aromatic N) is 1. The molecule has 1 fully saturated rings. The smallest absolute Gasteiger partial charge is 0.341 e. The summed E-state index contributed by atoms with van der Waals surface area (Å²) in [7, 11) is 0. The third-order valence-electron chi connectivity index (χ3n) is 3.78. The summed E-state index contributed by atoms with van der Waals surface area (Å²) < 4.78 is 0.545. The number of rotatable bonds is 2. The fraction of sp³-hybridized carbons (Fsp3) is 0.357. The van der Waals surface area contributed by atoms with E-state index < -0.39 is 11.4 Å². The number of aromatic nitrogens is 2. The molecule has 1 saturated heterocycles. The summed E-state index contributed by atoms with van der Waals surface area (Å²) in [4.78, 5) is 30.8. The molecule has 3 N–H and O–H groups in total. The Morgan fingerprint density at radius 2 is 2.23 bits per heavy atom. The van der Waals surface area contributed by atoms with Crippen LogP contribution in [0.2, 0.25) is 0 Å². The Hall–Kier alpha value is -1.44. The van der Waals surface area contributed by atoms with Crippen molar-refractivity contribution in [3.8, 4) is 0 Å². The fourth-order valence-corrected chi connectivity index (χ4v) is 3.18. The third-order valence-corrected chi connectivity index (χ3v) is 4.19. The lowest BCUT2D eigenvalue weighted by molar-refractivity contribution is 0.0695. The normalized spacial score (nSPS) is 18.0. The lowest BCUT2D eigenvalue weighted by Crippen LogP contribution is -2.29. The van der Waals surface area contributed by atoms with Crippen molar-refractivity contribution in [1.29, 1.82) is 0 Å². The number of fused-ring (bicyclic) bond motifs is 1. The van der Waals surface area contributed by atoms with Gasteiger partial charge in [0.05, 0.1) is 16.6 Å². The van der Waals surface area contributed by atoms with E-state index in [1.165, 1.54) is 6.20 Å². The molecule has 0 aromatic carbocycles. The number of H-pyrrole nitrogens is 1. The van der Waals surface area contributed by atoms with Crippen LogP contribution >= 0.6 is 28.3 Å². The molecule has 0 saturated carbocycles. The molecule has 0 aliphatic carbocycles. The molecule has 3 rings (SSSR count). The van der Waals surface area contributed by atoms with Crippen LogP contribution in [0.1, 0.15) is 34.8 Å². The van der Waals surface area contributed by atoms with E-state index in [2.05, 4.69) is 31.2 Å². The van der Waals surface area contributed by atoms with Gasteiger partial charge < -0.3 is 15.4 Å². The first-order chi connectivity index (χ1) is 10.1. The van der Waals surface area contributed by atoms with Gasteiger partial charge in [-0.15, -0.1) is 12.4 Å². The Bertz CT molecular complexity index is 772. The molecular weight excluding hydrogens is 374 g/mol. The topological polar surface area (TPSA) is 95.1 Å². The van der Waals surface area contributed by atoms with Crippen LogP contribution < -0.4 is 10.7 Å². The van der Waals surface area contributed by atoms with E-state index in [-0.39, 0.29) is 23.9 Å². The number of piperidine rings is 1. The lowest BCUT2D eigenvalue weighted by Gasteiger charge is -2.23. The van der Waals surface area contributed by atoms with Crippen LogP contribution in [0.15, 0.2) is 21.7 Å². The predicted molar refractivity (Wildman–Crippen MR) is 89.1 cm³/mol. The number of aromatic carboxylic acids is 1. The maximum Gasteiger partial charge on any atom is 0.341 e. The second-order valence-electron chi connectivity index (χ2n) is 5.13. The largest absolute Gasteiger partial charge is 0.477 e. The molecule has 3 heterocycles. The molecule has 1 aliphatic rings. The van der Waals surface area contributed by atoms with E-state index in [0.717, 1.165) is 31.6 Å². The molecule has 1 unspecified atom stereocenters. The van der Waals surface area contributed by atoms with Gasteiger partial charge in [-0.2, -0.15) is 0 Å². The van der Waals surface area contributed by atoms with E-state index in [1.807, 2.05) is 0 Å². The number of carboxylic acids is 1. The number of carbonyl (C=O) groups is 1. The fourth-order valence-electron chi connectivity index (χ4n) is 2.76. The van der Waals surface area contributed by atoms with Gasteiger partial charge in [-0.3, -0.25) is 4.79 Å². The molecule has 2 aromatic rings. The Labute approximate surface area is 140 Å². The summed E-state index contributed by atoms with van der Waals surface area (Å²) in [6.45, 7) is 1.80. The highest BCUT2D eigenvalue weighted by Crippen LogP contribution is 2.28. The van der Waals surface area contributed by atoms with Crippen molar-refractivity contribution in [3.63, 3.8) is 0 Å². The minimum absolute atomic E-state index is 0. The minimum Gasteiger partial charge on any atom is -0.477 e. The van der Waals surface area contributed by atoms with Crippen LogP contribution in [0.5, 0.6) is 0 Å². The summed E-state index contributed by atoms with van der Waals surface area (Å²) in [6, 6.07) is 1.57. The van der Waals surface area contributed by atoms with Gasteiger partial charge in [-0.25, -0.2) is 9.78 Å². The molecule has 22 heavy (non-hydrogen) atoms. The van der Waals surface area contributed by atoms with Crippen LogP contribution in [0, 0.1) is 0 Å². The number of aromatic amines is 1. The van der Waals surface area contributed by atoms with Crippen LogP contribution in [-0.2, 0) is 0 Å². The average molecular weight is 389 g/mol. The van der Waals surface area contributed by atoms with Crippen molar-refractivity contribution in [2.24, 2.45) is 0 Å². The van der Waals surface area contributed by atoms with Gasteiger partial charge >= 0.3 is 5.97 Å². The van der Waals surface area contributed by atoms with Crippen molar-refractivity contribution >= 4 is 45.2 Å². The van der Waals surface area contributed by atoms with E-state index in [0.29, 0.717) is 15.5 Å². The quantitative estimate of drug-likeness (QED) is 0.686. The zero-order chi connectivity index (χ0) is 15.0. The Kier molecular flexibility index (Phi) is 5.20. The highest BCUT2D eigenvalue weighted by molar-refractivity contribution is 9.10. The van der Waals surface area contributed by atoms with Crippen molar-refractivity contribution in [2.45, 2.75) is 18.8 Å². The minimum atomic E-state index is -1.23. The molecule has 1 atom stereocenters. The van der Waals surface area contributed by atoms with Gasteiger partial charge in [0.2, 0.25) is 5.43 Å². The van der Waals surface area contributed by atoms with Crippen molar-refractivity contribution in [1.82, 2.24) is 15.3 Å². The average Bonchev–Trinajstić information content (AvgIpc) is 2.48. The monoisotopic (exact) mass is 387 g/mol. The first-order valence-electron chi connectivity index (χ1n) is 6.74. The number of hydrogen-bond acceptors (Lipinski definition) is 4. The number of nitrogens with one attached hydrogen (secondary N) is 2. The number of halogens is 2. The Balaban J connectivity index is 0.00000176. The maximum atomic E-state index is 12.3.